The molecule has 0 fully saturated rings. The molecule has 3 aromatic rings. The molecule has 1 radical (unpaired) electrons. The summed E-state index contributed by atoms with van der Waals surface area (Å²) in [6, 6.07) is 26.1. The second-order valence-electron chi connectivity index (χ2n) is 4.01. The maximum Gasteiger partial charge on any atom is 0.115 e. The average Bonchev–Trinajstić information content (AvgIpc) is 2.51. The maximum atomic E-state index is 8.63. The van der Waals surface area contributed by atoms with Crippen LogP contribution < -0.4 is 0 Å². The molecule has 23 heavy (non-hydrogen) atoms. The minimum absolute atomic E-state index is 0. The Kier molecular flexibility index (Phi) is 14.5. The molecule has 0 heterocycles. The third kappa shape index (κ3) is 13.1. The minimum atomic E-state index is 0. The Morgan fingerprint density at radius 3 is 0.652 bits per heavy atom. The summed E-state index contributed by atoms with van der Waals surface area (Å²) in [5.41, 5.74) is 0. The van der Waals surface area contributed by atoms with Crippen molar-refractivity contribution < 1.29 is 33.9 Å². The van der Waals surface area contributed by atoms with Crippen molar-refractivity contribution in [2.45, 2.75) is 0 Å². The van der Waals surface area contributed by atoms with Gasteiger partial charge in [0, 0.05) is 18.6 Å². The van der Waals surface area contributed by atoms with Crippen LogP contribution in [-0.4, -0.2) is 15.3 Å². The summed E-state index contributed by atoms with van der Waals surface area (Å²) in [7, 11) is 0. The molecule has 0 bridgehead atoms. The third-order valence-electron chi connectivity index (χ3n) is 2.27. The number of hydrogen-bond donors (Lipinski definition) is 3. The fraction of sp³-hybridized carbons (Fsp3) is 0. The molecular weight excluding hydrogens is 327 g/mol. The summed E-state index contributed by atoms with van der Waals surface area (Å²) in [6.07, 6.45) is 0. The van der Waals surface area contributed by atoms with Crippen LogP contribution >= 0.6 is 0 Å². The number of benzene rings is 3. The van der Waals surface area contributed by atoms with Crippen LogP contribution in [0.4, 0.5) is 0 Å². The quantitative estimate of drug-likeness (QED) is 0.519. The first-order chi connectivity index (χ1) is 10.2. The maximum absolute atomic E-state index is 8.63. The van der Waals surface area contributed by atoms with Gasteiger partial charge in [-0.1, -0.05) is 54.6 Å². The zero-order chi connectivity index (χ0) is 15.3. The van der Waals surface area contributed by atoms with Crippen molar-refractivity contribution in [1.29, 1.82) is 0 Å². The summed E-state index contributed by atoms with van der Waals surface area (Å²) >= 11 is 0. The normalized spacial score (nSPS) is 7.83. The van der Waals surface area contributed by atoms with Crippen LogP contribution in [0.1, 0.15) is 0 Å². The van der Waals surface area contributed by atoms with Crippen molar-refractivity contribution in [3.05, 3.63) is 98.4 Å². The molecule has 0 aliphatic carbocycles. The standard InChI is InChI=1S/3C6H6O.CH3.V/c3*7-6-4-2-1-3-5-6;;/h3*1-5,7H;1H3;/q;;;-1;. The number of phenols is 3. The van der Waals surface area contributed by atoms with Crippen LogP contribution in [0.2, 0.25) is 0 Å². The molecule has 4 heteroatoms. The van der Waals surface area contributed by atoms with Gasteiger partial charge in [-0.15, -0.1) is 0 Å². The molecule has 3 aromatic carbocycles. The number of aromatic hydroxyl groups is 3. The van der Waals surface area contributed by atoms with E-state index in [1.807, 2.05) is 18.2 Å². The van der Waals surface area contributed by atoms with E-state index in [-0.39, 0.29) is 26.0 Å². The van der Waals surface area contributed by atoms with E-state index in [1.54, 1.807) is 72.8 Å². The Labute approximate surface area is 149 Å². The van der Waals surface area contributed by atoms with Gasteiger partial charge in [-0.05, 0) is 36.4 Å². The molecule has 0 spiro atoms. The van der Waals surface area contributed by atoms with E-state index in [0.29, 0.717) is 17.2 Å². The Morgan fingerprint density at radius 1 is 0.391 bits per heavy atom. The van der Waals surface area contributed by atoms with Crippen molar-refractivity contribution >= 4 is 0 Å². The second kappa shape index (κ2) is 14.6. The Balaban J connectivity index is 0. The predicted octanol–water partition coefficient (Wildman–Crippen LogP) is 4.62. The van der Waals surface area contributed by atoms with E-state index in [0.717, 1.165) is 0 Å². The second-order valence-corrected chi connectivity index (χ2v) is 4.01. The largest absolute Gasteiger partial charge is 0.508 e. The molecule has 0 aliphatic rings. The minimum Gasteiger partial charge on any atom is -0.508 e. The molecule has 0 saturated heterocycles. The molecule has 0 atom stereocenters. The molecule has 121 valence electrons. The first-order valence-corrected chi connectivity index (χ1v) is 6.40. The van der Waals surface area contributed by atoms with Crippen LogP contribution in [0.15, 0.2) is 91.0 Å². The van der Waals surface area contributed by atoms with Crippen molar-refractivity contribution in [2.75, 3.05) is 0 Å². The smallest absolute Gasteiger partial charge is 0.115 e. The van der Waals surface area contributed by atoms with Gasteiger partial charge in [0.25, 0.3) is 0 Å². The number of phenolic OH excluding ortho intramolecular Hbond substituents is 3. The van der Waals surface area contributed by atoms with E-state index in [4.69, 9.17) is 15.3 Å². The average molecular weight is 348 g/mol. The van der Waals surface area contributed by atoms with Crippen LogP contribution in [-0.2, 0) is 18.6 Å². The first-order valence-electron chi connectivity index (χ1n) is 6.40. The zero-order valence-electron chi connectivity index (χ0n) is 12.9. The molecule has 0 saturated carbocycles. The number of rotatable bonds is 0. The summed E-state index contributed by atoms with van der Waals surface area (Å²) in [5, 5.41) is 25.9. The van der Waals surface area contributed by atoms with Gasteiger partial charge in [0.15, 0.2) is 0 Å². The van der Waals surface area contributed by atoms with E-state index in [1.165, 1.54) is 0 Å². The molecule has 3 N–H and O–H groups in total. The van der Waals surface area contributed by atoms with Crippen molar-refractivity contribution in [2.24, 2.45) is 0 Å². The van der Waals surface area contributed by atoms with Gasteiger partial charge in [0.2, 0.25) is 0 Å². The van der Waals surface area contributed by atoms with E-state index >= 15 is 0 Å². The molecule has 0 amide bonds. The van der Waals surface area contributed by atoms with E-state index in [9.17, 15) is 0 Å². The Bertz CT molecular complexity index is 498. The van der Waals surface area contributed by atoms with Crippen molar-refractivity contribution in [3.63, 3.8) is 0 Å². The Hall–Kier alpha value is -2.36. The molecule has 3 rings (SSSR count). The summed E-state index contributed by atoms with van der Waals surface area (Å²) in [4.78, 5) is 0. The number of hydrogen-bond acceptors (Lipinski definition) is 3. The van der Waals surface area contributed by atoms with Crippen molar-refractivity contribution in [1.82, 2.24) is 0 Å². The van der Waals surface area contributed by atoms with Gasteiger partial charge in [-0.25, -0.2) is 0 Å². The van der Waals surface area contributed by atoms with Gasteiger partial charge in [-0.2, -0.15) is 0 Å². The summed E-state index contributed by atoms with van der Waals surface area (Å²) < 4.78 is 0. The van der Waals surface area contributed by atoms with Gasteiger partial charge in [-0.3, -0.25) is 0 Å². The van der Waals surface area contributed by atoms with Gasteiger partial charge < -0.3 is 22.7 Å². The molecule has 0 aromatic heterocycles. The van der Waals surface area contributed by atoms with Crippen LogP contribution in [0.5, 0.6) is 17.2 Å². The van der Waals surface area contributed by atoms with Crippen LogP contribution in [0.3, 0.4) is 0 Å². The van der Waals surface area contributed by atoms with E-state index < -0.39 is 0 Å². The van der Waals surface area contributed by atoms with Gasteiger partial charge in [0.05, 0.1) is 0 Å². The molecule has 0 aliphatic heterocycles. The first kappa shape index (κ1) is 22.9. The van der Waals surface area contributed by atoms with Crippen LogP contribution in [0, 0.1) is 7.43 Å². The van der Waals surface area contributed by atoms with Gasteiger partial charge >= 0.3 is 0 Å². The Morgan fingerprint density at radius 2 is 0.565 bits per heavy atom. The fourth-order valence-corrected chi connectivity index (χ4v) is 1.28. The van der Waals surface area contributed by atoms with Gasteiger partial charge in [0.1, 0.15) is 17.2 Å². The van der Waals surface area contributed by atoms with Crippen molar-refractivity contribution in [3.8, 4) is 17.2 Å². The number of para-hydroxylation sites is 3. The summed E-state index contributed by atoms with van der Waals surface area (Å²) in [5.74, 6) is 0.965. The monoisotopic (exact) mass is 348 g/mol. The summed E-state index contributed by atoms with van der Waals surface area (Å²) in [6.45, 7) is 0. The predicted molar refractivity (Wildman–Crippen MR) is 90.7 cm³/mol. The molecular formula is C19H21O3V-. The zero-order valence-corrected chi connectivity index (χ0v) is 14.3. The molecule has 3 nitrogen and oxygen atoms in total. The van der Waals surface area contributed by atoms with E-state index in [2.05, 4.69) is 0 Å². The molecule has 0 unspecified atom stereocenters. The topological polar surface area (TPSA) is 60.7 Å². The fourth-order valence-electron chi connectivity index (χ4n) is 1.28. The van der Waals surface area contributed by atoms with Crippen LogP contribution in [0.25, 0.3) is 0 Å². The third-order valence-corrected chi connectivity index (χ3v) is 2.27. The SMILES string of the molecule is Oc1ccccc1.Oc1ccccc1.Oc1ccccc1.[CH3-].[V].